The Morgan fingerprint density at radius 3 is 2.38 bits per heavy atom. The number of amides is 2. The van der Waals surface area contributed by atoms with Crippen molar-refractivity contribution < 1.29 is 54.7 Å². The van der Waals surface area contributed by atoms with E-state index in [0.29, 0.717) is 12.1 Å². The summed E-state index contributed by atoms with van der Waals surface area (Å²) in [5.74, 6) is -4.00. The Bertz CT molecular complexity index is 964. The van der Waals surface area contributed by atoms with Crippen molar-refractivity contribution in [2.24, 2.45) is 0 Å². The first-order valence-electron chi connectivity index (χ1n) is 9.18. The van der Waals surface area contributed by atoms with Gasteiger partial charge in [-0.1, -0.05) is 5.06 Å². The van der Waals surface area contributed by atoms with Crippen LogP contribution in [0.3, 0.4) is 0 Å². The van der Waals surface area contributed by atoms with Crippen LogP contribution in [0, 0.1) is 5.82 Å². The van der Waals surface area contributed by atoms with Crippen molar-refractivity contribution in [3.63, 3.8) is 0 Å². The number of imide groups is 1. The number of hydrogen-bond acceptors (Lipinski definition) is 8. The maximum absolute atomic E-state index is 13.3. The van der Waals surface area contributed by atoms with E-state index in [4.69, 9.17) is 9.47 Å². The van der Waals surface area contributed by atoms with Crippen molar-refractivity contribution >= 4 is 27.8 Å². The Morgan fingerprint density at radius 1 is 1.19 bits per heavy atom. The van der Waals surface area contributed by atoms with Crippen molar-refractivity contribution in [1.29, 1.82) is 0 Å². The number of carbonyl (C=O) groups is 3. The monoisotopic (exact) mass is 485 g/mol. The van der Waals surface area contributed by atoms with Crippen LogP contribution in [0.15, 0.2) is 23.1 Å². The van der Waals surface area contributed by atoms with Crippen LogP contribution in [-0.4, -0.2) is 57.0 Å². The predicted molar refractivity (Wildman–Crippen MR) is 97.0 cm³/mol. The van der Waals surface area contributed by atoms with Gasteiger partial charge >= 0.3 is 12.3 Å². The highest BCUT2D eigenvalue weighted by atomic mass is 32.2. The molecule has 1 saturated heterocycles. The molecule has 0 saturated carbocycles. The van der Waals surface area contributed by atoms with Crippen molar-refractivity contribution in [2.75, 3.05) is 19.5 Å². The van der Waals surface area contributed by atoms with E-state index < -0.39 is 62.1 Å². The van der Waals surface area contributed by atoms with Gasteiger partial charge in [-0.3, -0.25) is 14.4 Å². The number of ether oxygens (including phenoxy) is 2. The van der Waals surface area contributed by atoms with Gasteiger partial charge in [0.05, 0.1) is 16.2 Å². The molecule has 0 spiro atoms. The summed E-state index contributed by atoms with van der Waals surface area (Å²) >= 11 is 0. The first-order chi connectivity index (χ1) is 14.8. The number of alkyl halides is 3. The summed E-state index contributed by atoms with van der Waals surface area (Å²) in [6, 6.07) is 1.08. The van der Waals surface area contributed by atoms with Gasteiger partial charge in [-0.05, 0) is 31.0 Å². The molecule has 0 N–H and O–H groups in total. The molecule has 1 aromatic carbocycles. The smallest absolute Gasteiger partial charge is 0.428 e. The summed E-state index contributed by atoms with van der Waals surface area (Å²) in [7, 11) is -3.38. The van der Waals surface area contributed by atoms with E-state index in [9.17, 15) is 40.4 Å². The van der Waals surface area contributed by atoms with Crippen LogP contribution >= 0.6 is 0 Å². The van der Waals surface area contributed by atoms with E-state index >= 15 is 0 Å². The molecule has 9 nitrogen and oxygen atoms in total. The van der Waals surface area contributed by atoms with Crippen LogP contribution in [0.5, 0.6) is 0 Å². The summed E-state index contributed by atoms with van der Waals surface area (Å²) in [4.78, 5) is 38.3. The molecule has 14 heteroatoms. The number of hydroxylamine groups is 2. The Labute approximate surface area is 180 Å². The minimum atomic E-state index is -5.16. The lowest BCUT2D eigenvalue weighted by molar-refractivity contribution is -0.178. The molecule has 32 heavy (non-hydrogen) atoms. The fourth-order valence-corrected chi connectivity index (χ4v) is 4.54. The summed E-state index contributed by atoms with van der Waals surface area (Å²) < 4.78 is 88.0. The zero-order valence-electron chi connectivity index (χ0n) is 16.7. The molecule has 1 aliphatic heterocycles. The lowest BCUT2D eigenvalue weighted by Gasteiger charge is -2.20. The second kappa shape index (κ2) is 10.3. The normalized spacial score (nSPS) is 15.7. The zero-order chi connectivity index (χ0) is 24.1. The van der Waals surface area contributed by atoms with Crippen LogP contribution in [0.4, 0.5) is 22.4 Å². The van der Waals surface area contributed by atoms with Gasteiger partial charge in [0.25, 0.3) is 11.8 Å². The van der Waals surface area contributed by atoms with Crippen LogP contribution < -0.4 is 0 Å². The van der Waals surface area contributed by atoms with Crippen LogP contribution in [0.1, 0.15) is 31.2 Å². The second-order valence-corrected chi connectivity index (χ2v) is 8.72. The molecule has 1 heterocycles. The first kappa shape index (κ1) is 25.5. The number of nitrogens with zero attached hydrogens (tertiary/aromatic N) is 1. The SMILES string of the molecule is COCCCC(CS(=O)(=O)c1ccc(F)cc1C(F)(F)F)OC(=O)ON1C(=O)CCC1=O. The number of halogens is 4. The van der Waals surface area contributed by atoms with E-state index in [1.807, 2.05) is 0 Å². The minimum absolute atomic E-state index is 0.0481. The van der Waals surface area contributed by atoms with Gasteiger partial charge in [0.2, 0.25) is 0 Å². The first-order valence-corrected chi connectivity index (χ1v) is 10.8. The van der Waals surface area contributed by atoms with Crippen molar-refractivity contribution in [3.8, 4) is 0 Å². The van der Waals surface area contributed by atoms with Crippen LogP contribution in [-0.2, 0) is 39.9 Å². The number of hydrogen-bond donors (Lipinski definition) is 0. The van der Waals surface area contributed by atoms with Gasteiger partial charge in [0.1, 0.15) is 11.9 Å². The molecule has 0 aliphatic carbocycles. The standard InChI is InChI=1S/C18H19F4NO8S/c1-29-8-2-3-12(30-17(26)31-23-15(24)6-7-16(23)25)10-32(27,28)14-5-4-11(19)9-13(14)18(20,21)22/h4-5,9,12H,2-3,6-8,10H2,1H3. The Balaban J connectivity index is 2.23. The number of carbonyl (C=O) groups excluding carboxylic acids is 3. The minimum Gasteiger partial charge on any atom is -0.428 e. The molecule has 0 radical (unpaired) electrons. The number of benzene rings is 1. The highest BCUT2D eigenvalue weighted by molar-refractivity contribution is 7.91. The lowest BCUT2D eigenvalue weighted by atomic mass is 10.2. The van der Waals surface area contributed by atoms with E-state index in [1.54, 1.807) is 0 Å². The molecule has 2 amide bonds. The third-order valence-corrected chi connectivity index (χ3v) is 6.13. The van der Waals surface area contributed by atoms with Gasteiger partial charge in [-0.25, -0.2) is 17.6 Å². The van der Waals surface area contributed by atoms with Gasteiger partial charge < -0.3 is 9.47 Å². The fraction of sp³-hybridized carbons (Fsp3) is 0.500. The third kappa shape index (κ3) is 6.63. The van der Waals surface area contributed by atoms with Crippen LogP contribution in [0.25, 0.3) is 0 Å². The molecule has 1 aromatic rings. The maximum atomic E-state index is 13.3. The molecule has 2 rings (SSSR count). The van der Waals surface area contributed by atoms with E-state index in [0.717, 1.165) is 0 Å². The molecule has 1 atom stereocenters. The Morgan fingerprint density at radius 2 is 1.81 bits per heavy atom. The molecular formula is C18H19F4NO8S. The van der Waals surface area contributed by atoms with Gasteiger partial charge in [-0.2, -0.15) is 13.2 Å². The number of methoxy groups -OCH3 is 1. The predicted octanol–water partition coefficient (Wildman–Crippen LogP) is 2.63. The number of rotatable bonds is 9. The highest BCUT2D eigenvalue weighted by Gasteiger charge is 2.39. The molecule has 0 bridgehead atoms. The number of sulfone groups is 1. The molecular weight excluding hydrogens is 466 g/mol. The third-order valence-electron chi connectivity index (χ3n) is 4.30. The quantitative estimate of drug-likeness (QED) is 0.172. The van der Waals surface area contributed by atoms with Gasteiger partial charge in [-0.15, -0.1) is 0 Å². The average Bonchev–Trinajstić information content (AvgIpc) is 2.98. The largest absolute Gasteiger partial charge is 0.534 e. The van der Waals surface area contributed by atoms with Crippen molar-refractivity contribution in [3.05, 3.63) is 29.6 Å². The molecule has 1 fully saturated rings. The van der Waals surface area contributed by atoms with Gasteiger partial charge in [0, 0.05) is 26.6 Å². The topological polar surface area (TPSA) is 116 Å². The molecule has 0 aromatic heterocycles. The van der Waals surface area contributed by atoms with Crippen LogP contribution in [0.2, 0.25) is 0 Å². The maximum Gasteiger partial charge on any atom is 0.534 e. The van der Waals surface area contributed by atoms with Gasteiger partial charge in [0.15, 0.2) is 9.84 Å². The average molecular weight is 485 g/mol. The Kier molecular flexibility index (Phi) is 8.18. The van der Waals surface area contributed by atoms with E-state index in [1.165, 1.54) is 7.11 Å². The zero-order valence-corrected chi connectivity index (χ0v) is 17.5. The lowest BCUT2D eigenvalue weighted by Crippen LogP contribution is -2.35. The molecule has 178 valence electrons. The highest BCUT2D eigenvalue weighted by Crippen LogP contribution is 2.35. The Hall–Kier alpha value is -2.74. The summed E-state index contributed by atoms with van der Waals surface area (Å²) in [5, 5.41) is 0.171. The van der Waals surface area contributed by atoms with Crippen molar-refractivity contribution in [1.82, 2.24) is 5.06 Å². The molecule has 1 aliphatic rings. The fourth-order valence-electron chi connectivity index (χ4n) is 2.85. The summed E-state index contributed by atoms with van der Waals surface area (Å²) in [5.41, 5.74) is -1.70. The van der Waals surface area contributed by atoms with E-state index in [2.05, 4.69) is 4.84 Å². The summed E-state index contributed by atoms with van der Waals surface area (Å²) in [6.45, 7) is 0.113. The summed E-state index contributed by atoms with van der Waals surface area (Å²) in [6.07, 6.45) is -8.64. The second-order valence-electron chi connectivity index (χ2n) is 6.72. The molecule has 1 unspecified atom stereocenters. The van der Waals surface area contributed by atoms with E-state index in [-0.39, 0.29) is 43.4 Å². The van der Waals surface area contributed by atoms with Crippen molar-refractivity contribution in [2.45, 2.75) is 42.9 Å².